The first kappa shape index (κ1) is 18.6. The summed E-state index contributed by atoms with van der Waals surface area (Å²) in [4.78, 5) is 11.9. The Kier molecular flexibility index (Phi) is 7.01. The Balaban J connectivity index is 3.09. The largest absolute Gasteiger partial charge is 0.491 e. The molecule has 0 aliphatic carbocycles. The highest BCUT2D eigenvalue weighted by atomic mass is 35.5. The van der Waals surface area contributed by atoms with Crippen LogP contribution in [-0.4, -0.2) is 24.3 Å². The molecule has 4 nitrogen and oxygen atoms in total. The van der Waals surface area contributed by atoms with Crippen molar-refractivity contribution in [3.05, 3.63) is 22.7 Å². The third kappa shape index (κ3) is 6.14. The monoisotopic (exact) mass is 328 g/mol. The summed E-state index contributed by atoms with van der Waals surface area (Å²) < 4.78 is 16.6. The van der Waals surface area contributed by atoms with Crippen molar-refractivity contribution in [2.75, 3.05) is 0 Å². The maximum absolute atomic E-state index is 11.9. The summed E-state index contributed by atoms with van der Waals surface area (Å²) >= 11 is 6.23. The molecular weight excluding hydrogens is 304 g/mol. The van der Waals surface area contributed by atoms with Crippen LogP contribution in [0.1, 0.15) is 47.1 Å². The molecule has 0 aromatic heterocycles. The number of carbonyl (C=O) groups excluding carboxylic acids is 1. The van der Waals surface area contributed by atoms with E-state index >= 15 is 0 Å². The van der Waals surface area contributed by atoms with Gasteiger partial charge < -0.3 is 14.2 Å². The van der Waals surface area contributed by atoms with Crippen molar-refractivity contribution in [3.8, 4) is 11.5 Å². The van der Waals surface area contributed by atoms with E-state index in [0.29, 0.717) is 22.1 Å². The molecule has 0 amide bonds. The standard InChI is InChI=1S/C17H25ClO4/c1-10(2)20-15-9-14(18)16(21-11(3)4)7-13(15)8-17(19)22-12(5)6/h7,9-12H,8H2,1-6H3. The summed E-state index contributed by atoms with van der Waals surface area (Å²) in [6.07, 6.45) is -0.0652. The van der Waals surface area contributed by atoms with Crippen LogP contribution in [0.25, 0.3) is 0 Å². The minimum absolute atomic E-state index is 0.00941. The average Bonchev–Trinajstić information content (AvgIpc) is 2.32. The van der Waals surface area contributed by atoms with Gasteiger partial charge in [-0.1, -0.05) is 11.6 Å². The lowest BCUT2D eigenvalue weighted by Crippen LogP contribution is -2.16. The molecule has 22 heavy (non-hydrogen) atoms. The van der Waals surface area contributed by atoms with Gasteiger partial charge in [0, 0.05) is 11.6 Å². The number of hydrogen-bond donors (Lipinski definition) is 0. The minimum Gasteiger partial charge on any atom is -0.491 e. The van der Waals surface area contributed by atoms with Gasteiger partial charge in [0.1, 0.15) is 11.5 Å². The van der Waals surface area contributed by atoms with Crippen LogP contribution in [0.15, 0.2) is 12.1 Å². The van der Waals surface area contributed by atoms with E-state index < -0.39 is 0 Å². The van der Waals surface area contributed by atoms with Gasteiger partial charge >= 0.3 is 5.97 Å². The molecule has 0 saturated carbocycles. The van der Waals surface area contributed by atoms with Gasteiger partial charge in [-0.2, -0.15) is 0 Å². The molecule has 124 valence electrons. The van der Waals surface area contributed by atoms with Gasteiger partial charge in [0.05, 0.1) is 29.8 Å². The molecule has 0 aliphatic heterocycles. The van der Waals surface area contributed by atoms with Crippen molar-refractivity contribution in [1.82, 2.24) is 0 Å². The molecule has 0 fully saturated rings. The van der Waals surface area contributed by atoms with E-state index in [-0.39, 0.29) is 30.7 Å². The predicted octanol–water partition coefficient (Wildman–Crippen LogP) is 4.41. The summed E-state index contributed by atoms with van der Waals surface area (Å²) in [7, 11) is 0. The number of esters is 1. The van der Waals surface area contributed by atoms with Crippen LogP contribution in [0.2, 0.25) is 5.02 Å². The van der Waals surface area contributed by atoms with Crippen molar-refractivity contribution in [2.24, 2.45) is 0 Å². The van der Waals surface area contributed by atoms with Gasteiger partial charge in [-0.15, -0.1) is 0 Å². The van der Waals surface area contributed by atoms with E-state index in [2.05, 4.69) is 0 Å². The Morgan fingerprint density at radius 1 is 0.955 bits per heavy atom. The smallest absolute Gasteiger partial charge is 0.310 e. The Morgan fingerprint density at radius 2 is 1.50 bits per heavy atom. The fraction of sp³-hybridized carbons (Fsp3) is 0.588. The molecule has 0 heterocycles. The van der Waals surface area contributed by atoms with Crippen LogP contribution in [0.5, 0.6) is 11.5 Å². The van der Waals surface area contributed by atoms with E-state index in [9.17, 15) is 4.79 Å². The zero-order chi connectivity index (χ0) is 16.9. The number of benzene rings is 1. The number of rotatable bonds is 7. The quantitative estimate of drug-likeness (QED) is 0.695. The normalized spacial score (nSPS) is 11.2. The van der Waals surface area contributed by atoms with Crippen molar-refractivity contribution in [1.29, 1.82) is 0 Å². The molecule has 1 aromatic carbocycles. The molecule has 0 bridgehead atoms. The zero-order valence-electron chi connectivity index (χ0n) is 14.1. The first-order valence-electron chi connectivity index (χ1n) is 7.54. The molecule has 1 rings (SSSR count). The number of carbonyl (C=O) groups is 1. The SMILES string of the molecule is CC(C)OC(=O)Cc1cc(OC(C)C)c(Cl)cc1OC(C)C. The molecule has 1 aromatic rings. The molecule has 0 unspecified atom stereocenters. The molecule has 0 aliphatic rings. The fourth-order valence-corrected chi connectivity index (χ4v) is 2.08. The second-order valence-electron chi connectivity index (χ2n) is 5.94. The number of ether oxygens (including phenoxy) is 3. The van der Waals surface area contributed by atoms with Crippen LogP contribution >= 0.6 is 11.6 Å². The van der Waals surface area contributed by atoms with Crippen molar-refractivity contribution in [3.63, 3.8) is 0 Å². The van der Waals surface area contributed by atoms with Crippen molar-refractivity contribution < 1.29 is 19.0 Å². The predicted molar refractivity (Wildman–Crippen MR) is 87.9 cm³/mol. The molecule has 0 saturated heterocycles. The lowest BCUT2D eigenvalue weighted by molar-refractivity contribution is -0.146. The third-order valence-corrected chi connectivity index (χ3v) is 2.84. The van der Waals surface area contributed by atoms with E-state index in [1.165, 1.54) is 0 Å². The molecule has 5 heteroatoms. The van der Waals surface area contributed by atoms with Gasteiger partial charge in [0.2, 0.25) is 0 Å². The number of halogens is 1. The van der Waals surface area contributed by atoms with Gasteiger partial charge in [-0.3, -0.25) is 4.79 Å². The van der Waals surface area contributed by atoms with Crippen molar-refractivity contribution >= 4 is 17.6 Å². The van der Waals surface area contributed by atoms with Gasteiger partial charge in [-0.25, -0.2) is 0 Å². The first-order chi connectivity index (χ1) is 10.2. The summed E-state index contributed by atoms with van der Waals surface area (Å²) in [5, 5.41) is 0.463. The van der Waals surface area contributed by atoms with E-state index in [1.54, 1.807) is 12.1 Å². The maximum atomic E-state index is 11.9. The molecule has 0 spiro atoms. The van der Waals surface area contributed by atoms with Crippen LogP contribution in [-0.2, 0) is 16.0 Å². The second kappa shape index (κ2) is 8.28. The lowest BCUT2D eigenvalue weighted by atomic mass is 10.1. The van der Waals surface area contributed by atoms with E-state index in [4.69, 9.17) is 25.8 Å². The Labute approximate surface area is 137 Å². The summed E-state index contributed by atoms with van der Waals surface area (Å²) in [5.74, 6) is 0.818. The average molecular weight is 329 g/mol. The minimum atomic E-state index is -0.304. The van der Waals surface area contributed by atoms with Gasteiger partial charge in [0.25, 0.3) is 0 Å². The molecule has 0 radical (unpaired) electrons. The van der Waals surface area contributed by atoms with Crippen LogP contribution in [0.4, 0.5) is 0 Å². The highest BCUT2D eigenvalue weighted by Crippen LogP contribution is 2.34. The highest BCUT2D eigenvalue weighted by Gasteiger charge is 2.17. The summed E-state index contributed by atoms with van der Waals surface area (Å²) in [5.41, 5.74) is 0.708. The van der Waals surface area contributed by atoms with Gasteiger partial charge in [0.15, 0.2) is 0 Å². The first-order valence-corrected chi connectivity index (χ1v) is 7.92. The second-order valence-corrected chi connectivity index (χ2v) is 6.35. The summed E-state index contributed by atoms with van der Waals surface area (Å²) in [6, 6.07) is 3.44. The fourth-order valence-electron chi connectivity index (χ4n) is 1.88. The van der Waals surface area contributed by atoms with Crippen LogP contribution in [0.3, 0.4) is 0 Å². The summed E-state index contributed by atoms with van der Waals surface area (Å²) in [6.45, 7) is 11.3. The molecule has 0 atom stereocenters. The molecular formula is C17H25ClO4. The zero-order valence-corrected chi connectivity index (χ0v) is 14.9. The Bertz CT molecular complexity index is 510. The van der Waals surface area contributed by atoms with Gasteiger partial charge in [-0.05, 0) is 47.6 Å². The highest BCUT2D eigenvalue weighted by molar-refractivity contribution is 6.32. The lowest BCUT2D eigenvalue weighted by Gasteiger charge is -2.18. The van der Waals surface area contributed by atoms with E-state index in [0.717, 1.165) is 0 Å². The van der Waals surface area contributed by atoms with Crippen LogP contribution < -0.4 is 9.47 Å². The Morgan fingerprint density at radius 3 is 2.00 bits per heavy atom. The molecule has 0 N–H and O–H groups in total. The number of hydrogen-bond acceptors (Lipinski definition) is 4. The third-order valence-electron chi connectivity index (χ3n) is 2.54. The van der Waals surface area contributed by atoms with Crippen LogP contribution in [0, 0.1) is 0 Å². The Hall–Kier alpha value is -1.42. The maximum Gasteiger partial charge on any atom is 0.310 e. The van der Waals surface area contributed by atoms with E-state index in [1.807, 2.05) is 41.5 Å². The topological polar surface area (TPSA) is 44.8 Å². The van der Waals surface area contributed by atoms with Crippen molar-refractivity contribution in [2.45, 2.75) is 66.3 Å².